The van der Waals surface area contributed by atoms with Crippen molar-refractivity contribution in [3.05, 3.63) is 77.6 Å². The average molecular weight is 391 g/mol. The zero-order chi connectivity index (χ0) is 19.8. The number of halogens is 1. The lowest BCUT2D eigenvalue weighted by atomic mass is 9.89. The summed E-state index contributed by atoms with van der Waals surface area (Å²) in [5, 5.41) is 11.3. The van der Waals surface area contributed by atoms with Crippen LogP contribution in [0.15, 0.2) is 54.6 Å². The Labute approximate surface area is 168 Å². The SMILES string of the molecule is O=C(Nc1ccccc1)c1nnc2n1CC1CN(Cc3ccccc3F)CC1C2. The predicted molar refractivity (Wildman–Crippen MR) is 107 cm³/mol. The fourth-order valence-corrected chi connectivity index (χ4v) is 4.49. The maximum atomic E-state index is 14.0. The summed E-state index contributed by atoms with van der Waals surface area (Å²) in [4.78, 5) is 15.0. The highest BCUT2D eigenvalue weighted by molar-refractivity contribution is 6.01. The molecule has 1 N–H and O–H groups in total. The third-order valence-electron chi connectivity index (χ3n) is 5.93. The third-order valence-corrected chi connectivity index (χ3v) is 5.93. The highest BCUT2D eigenvalue weighted by Crippen LogP contribution is 2.33. The number of hydrogen-bond donors (Lipinski definition) is 1. The second-order valence-corrected chi connectivity index (χ2v) is 7.88. The van der Waals surface area contributed by atoms with Crippen molar-refractivity contribution in [2.45, 2.75) is 19.5 Å². The van der Waals surface area contributed by atoms with E-state index in [9.17, 15) is 9.18 Å². The lowest BCUT2D eigenvalue weighted by Gasteiger charge is -2.25. The van der Waals surface area contributed by atoms with E-state index in [0.717, 1.165) is 43.1 Å². The van der Waals surface area contributed by atoms with Crippen molar-refractivity contribution in [1.82, 2.24) is 19.7 Å². The van der Waals surface area contributed by atoms with E-state index in [-0.39, 0.29) is 11.7 Å². The first-order valence-electron chi connectivity index (χ1n) is 9.91. The minimum Gasteiger partial charge on any atom is -0.319 e. The first-order valence-corrected chi connectivity index (χ1v) is 9.91. The number of carbonyl (C=O) groups excluding carboxylic acids is 1. The standard InChI is InChI=1S/C22H22FN5O/c23-19-9-5-4-6-15(19)11-27-12-16-10-20-25-26-21(28(20)14-17(16)13-27)22(29)24-18-7-2-1-3-8-18/h1-9,16-17H,10-14H2,(H,24,29). The van der Waals surface area contributed by atoms with E-state index in [4.69, 9.17) is 0 Å². The lowest BCUT2D eigenvalue weighted by molar-refractivity contribution is 0.100. The Morgan fingerprint density at radius 3 is 2.59 bits per heavy atom. The van der Waals surface area contributed by atoms with E-state index < -0.39 is 0 Å². The zero-order valence-electron chi connectivity index (χ0n) is 16.0. The molecule has 2 aromatic carbocycles. The summed E-state index contributed by atoms with van der Waals surface area (Å²) in [5.41, 5.74) is 1.47. The van der Waals surface area contributed by atoms with E-state index in [0.29, 0.717) is 24.2 Å². The van der Waals surface area contributed by atoms with Crippen LogP contribution in [0.3, 0.4) is 0 Å². The van der Waals surface area contributed by atoms with E-state index >= 15 is 0 Å². The van der Waals surface area contributed by atoms with Crippen LogP contribution >= 0.6 is 0 Å². The molecule has 1 amide bonds. The van der Waals surface area contributed by atoms with E-state index in [1.54, 1.807) is 6.07 Å². The number of hydrogen-bond acceptors (Lipinski definition) is 4. The van der Waals surface area contributed by atoms with Crippen molar-refractivity contribution in [1.29, 1.82) is 0 Å². The Morgan fingerprint density at radius 1 is 1.00 bits per heavy atom. The number of fused-ring (bicyclic) bond motifs is 2. The molecule has 2 atom stereocenters. The number of para-hydroxylation sites is 1. The number of carbonyl (C=O) groups is 1. The molecule has 148 valence electrons. The van der Waals surface area contributed by atoms with Crippen molar-refractivity contribution in [2.75, 3.05) is 18.4 Å². The van der Waals surface area contributed by atoms with Gasteiger partial charge in [0.05, 0.1) is 0 Å². The summed E-state index contributed by atoms with van der Waals surface area (Å²) in [6.45, 7) is 3.13. The van der Waals surface area contributed by atoms with Crippen LogP contribution in [0.5, 0.6) is 0 Å². The summed E-state index contributed by atoms with van der Waals surface area (Å²) < 4.78 is 16.0. The molecule has 6 nitrogen and oxygen atoms in total. The van der Waals surface area contributed by atoms with Crippen molar-refractivity contribution < 1.29 is 9.18 Å². The van der Waals surface area contributed by atoms with Gasteiger partial charge in [0.2, 0.25) is 5.82 Å². The van der Waals surface area contributed by atoms with Gasteiger partial charge in [-0.1, -0.05) is 36.4 Å². The number of rotatable bonds is 4. The molecule has 0 saturated carbocycles. The molecule has 7 heteroatoms. The number of nitrogens with one attached hydrogen (secondary N) is 1. The Kier molecular flexibility index (Phi) is 4.60. The Hall–Kier alpha value is -3.06. The largest absolute Gasteiger partial charge is 0.319 e. The van der Waals surface area contributed by atoms with Crippen molar-refractivity contribution in [3.8, 4) is 0 Å². The number of anilines is 1. The van der Waals surface area contributed by atoms with E-state index in [2.05, 4.69) is 20.4 Å². The van der Waals surface area contributed by atoms with Gasteiger partial charge in [-0.25, -0.2) is 4.39 Å². The van der Waals surface area contributed by atoms with Crippen LogP contribution in [0, 0.1) is 17.7 Å². The highest BCUT2D eigenvalue weighted by atomic mass is 19.1. The van der Waals surface area contributed by atoms with Gasteiger partial charge >= 0.3 is 0 Å². The van der Waals surface area contributed by atoms with E-state index in [1.165, 1.54) is 6.07 Å². The molecule has 0 spiro atoms. The van der Waals surface area contributed by atoms with Gasteiger partial charge in [-0.3, -0.25) is 9.69 Å². The molecule has 29 heavy (non-hydrogen) atoms. The number of likely N-dealkylation sites (tertiary alicyclic amines) is 1. The molecule has 0 radical (unpaired) electrons. The van der Waals surface area contributed by atoms with Gasteiger partial charge in [0.1, 0.15) is 11.6 Å². The van der Waals surface area contributed by atoms with Crippen LogP contribution in [0.25, 0.3) is 0 Å². The first-order chi connectivity index (χ1) is 14.2. The van der Waals surface area contributed by atoms with Crippen LogP contribution in [0.4, 0.5) is 10.1 Å². The Morgan fingerprint density at radius 2 is 1.76 bits per heavy atom. The molecule has 0 aliphatic carbocycles. The van der Waals surface area contributed by atoms with Crippen LogP contribution in [0.1, 0.15) is 22.0 Å². The van der Waals surface area contributed by atoms with Gasteiger partial charge in [-0.2, -0.15) is 0 Å². The molecule has 2 unspecified atom stereocenters. The number of nitrogens with zero attached hydrogens (tertiary/aromatic N) is 4. The van der Waals surface area contributed by atoms with Crippen LogP contribution in [0.2, 0.25) is 0 Å². The third kappa shape index (κ3) is 3.53. The maximum Gasteiger partial charge on any atom is 0.293 e. The molecular formula is C22H22FN5O. The average Bonchev–Trinajstić information content (AvgIpc) is 3.31. The summed E-state index contributed by atoms with van der Waals surface area (Å²) in [5.74, 6) is 1.69. The van der Waals surface area contributed by atoms with Crippen LogP contribution in [-0.2, 0) is 19.5 Å². The Balaban J connectivity index is 1.29. The molecule has 2 aliphatic heterocycles. The summed E-state index contributed by atoms with van der Waals surface area (Å²) in [7, 11) is 0. The quantitative estimate of drug-likeness (QED) is 0.743. The van der Waals surface area contributed by atoms with Gasteiger partial charge in [0.25, 0.3) is 5.91 Å². The fraction of sp³-hybridized carbons (Fsp3) is 0.318. The molecule has 0 bridgehead atoms. The normalized spacial score (nSPS) is 20.9. The highest BCUT2D eigenvalue weighted by Gasteiger charge is 2.39. The van der Waals surface area contributed by atoms with E-state index in [1.807, 2.05) is 47.0 Å². The molecule has 2 aliphatic rings. The topological polar surface area (TPSA) is 63.1 Å². The number of benzene rings is 2. The van der Waals surface area contributed by atoms with Gasteiger partial charge < -0.3 is 9.88 Å². The molecule has 3 aromatic rings. The van der Waals surface area contributed by atoms with Gasteiger partial charge in [-0.15, -0.1) is 10.2 Å². The monoisotopic (exact) mass is 391 g/mol. The predicted octanol–water partition coefficient (Wildman–Crippen LogP) is 2.97. The lowest BCUT2D eigenvalue weighted by Crippen LogP contribution is -2.31. The minimum absolute atomic E-state index is 0.153. The summed E-state index contributed by atoms with van der Waals surface area (Å²) in [6.07, 6.45) is 0.796. The van der Waals surface area contributed by atoms with Crippen LogP contribution < -0.4 is 5.32 Å². The minimum atomic E-state index is -0.241. The second-order valence-electron chi connectivity index (χ2n) is 7.88. The molecule has 3 heterocycles. The maximum absolute atomic E-state index is 14.0. The molecule has 1 aromatic heterocycles. The Bertz CT molecular complexity index is 1030. The smallest absolute Gasteiger partial charge is 0.293 e. The molecule has 1 saturated heterocycles. The zero-order valence-corrected chi connectivity index (χ0v) is 16.0. The first kappa shape index (κ1) is 18.0. The van der Waals surface area contributed by atoms with Gasteiger partial charge in [0, 0.05) is 43.9 Å². The molecule has 5 rings (SSSR count). The van der Waals surface area contributed by atoms with Crippen molar-refractivity contribution >= 4 is 11.6 Å². The molecular weight excluding hydrogens is 369 g/mol. The molecule has 1 fully saturated rings. The number of amides is 1. The summed E-state index contributed by atoms with van der Waals surface area (Å²) >= 11 is 0. The second kappa shape index (κ2) is 7.40. The fourth-order valence-electron chi connectivity index (χ4n) is 4.49. The van der Waals surface area contributed by atoms with Gasteiger partial charge in [-0.05, 0) is 30.0 Å². The van der Waals surface area contributed by atoms with Crippen molar-refractivity contribution in [3.63, 3.8) is 0 Å². The summed E-state index contributed by atoms with van der Waals surface area (Å²) in [6, 6.07) is 16.3. The van der Waals surface area contributed by atoms with Crippen molar-refractivity contribution in [2.24, 2.45) is 11.8 Å². The number of aromatic nitrogens is 3. The van der Waals surface area contributed by atoms with Gasteiger partial charge in [0.15, 0.2) is 0 Å². The van der Waals surface area contributed by atoms with Crippen LogP contribution in [-0.4, -0.2) is 38.7 Å².